The molecule has 0 spiro atoms. The molecule has 1 amide bonds. The lowest BCUT2D eigenvalue weighted by atomic mass is 10.0. The molecule has 4 N–H and O–H groups in total. The normalized spacial score (nSPS) is 16.1. The van der Waals surface area contributed by atoms with Crippen molar-refractivity contribution in [1.82, 2.24) is 10.3 Å². The molecule has 0 bridgehead atoms. The molecule has 2 heterocycles. The number of aliphatic carboxylic acids is 1. The second kappa shape index (κ2) is 6.12. The molecule has 122 valence electrons. The summed E-state index contributed by atoms with van der Waals surface area (Å²) in [5.74, 6) is -2.26. The van der Waals surface area contributed by atoms with Gasteiger partial charge in [0, 0.05) is 23.4 Å². The summed E-state index contributed by atoms with van der Waals surface area (Å²) in [6, 6.07) is 0. The second-order valence-electron chi connectivity index (χ2n) is 5.48. The molecule has 0 saturated heterocycles. The van der Waals surface area contributed by atoms with Gasteiger partial charge in [-0.3, -0.25) is 9.59 Å². The van der Waals surface area contributed by atoms with Crippen LogP contribution in [0.25, 0.3) is 6.08 Å². The van der Waals surface area contributed by atoms with Crippen LogP contribution in [0.5, 0.6) is 0 Å². The number of allylic oxidation sites excluding steroid dienone is 1. The number of rotatable bonds is 5. The van der Waals surface area contributed by atoms with Gasteiger partial charge in [-0.2, -0.15) is 0 Å². The topological polar surface area (TPSA) is 119 Å². The molecule has 0 radical (unpaired) electrons. The monoisotopic (exact) mass is 318 g/mol. The minimum absolute atomic E-state index is 0.0277. The zero-order chi connectivity index (χ0) is 17.3. The van der Waals surface area contributed by atoms with E-state index in [-0.39, 0.29) is 24.4 Å². The number of aromatic carboxylic acids is 1. The Morgan fingerprint density at radius 2 is 1.78 bits per heavy atom. The van der Waals surface area contributed by atoms with Crippen molar-refractivity contribution in [2.24, 2.45) is 0 Å². The minimum Gasteiger partial charge on any atom is -0.481 e. The van der Waals surface area contributed by atoms with Crippen molar-refractivity contribution < 1.29 is 24.6 Å². The Bertz CT molecular complexity index is 768. The Morgan fingerprint density at radius 1 is 1.13 bits per heavy atom. The van der Waals surface area contributed by atoms with Crippen LogP contribution in [0.2, 0.25) is 0 Å². The van der Waals surface area contributed by atoms with E-state index in [9.17, 15) is 19.5 Å². The Morgan fingerprint density at radius 3 is 2.26 bits per heavy atom. The summed E-state index contributed by atoms with van der Waals surface area (Å²) in [5.41, 5.74) is 3.64. The van der Waals surface area contributed by atoms with Gasteiger partial charge in [-0.15, -0.1) is 0 Å². The lowest BCUT2D eigenvalue weighted by molar-refractivity contribution is -0.137. The Kier molecular flexibility index (Phi) is 4.40. The number of carboxylic acids is 2. The maximum Gasteiger partial charge on any atom is 0.352 e. The van der Waals surface area contributed by atoms with Gasteiger partial charge in [-0.1, -0.05) is 0 Å². The Labute approximate surface area is 132 Å². The average Bonchev–Trinajstić information content (AvgIpc) is 2.90. The van der Waals surface area contributed by atoms with Crippen LogP contribution in [-0.4, -0.2) is 33.0 Å². The second-order valence-corrected chi connectivity index (χ2v) is 5.48. The highest BCUT2D eigenvalue weighted by Crippen LogP contribution is 2.26. The van der Waals surface area contributed by atoms with Crippen LogP contribution in [0.4, 0.5) is 0 Å². The zero-order valence-electron chi connectivity index (χ0n) is 13.1. The fraction of sp³-hybridized carbons (Fsp3) is 0.312. The number of carbonyl (C=O) groups excluding carboxylic acids is 1. The highest BCUT2D eigenvalue weighted by molar-refractivity contribution is 6.00. The number of H-pyrrole nitrogens is 1. The van der Waals surface area contributed by atoms with Gasteiger partial charge in [0.2, 0.25) is 0 Å². The first-order chi connectivity index (χ1) is 10.7. The lowest BCUT2D eigenvalue weighted by Gasteiger charge is -2.03. The van der Waals surface area contributed by atoms with Crippen molar-refractivity contribution in [3.05, 3.63) is 39.4 Å². The van der Waals surface area contributed by atoms with E-state index in [1.165, 1.54) is 0 Å². The predicted molar refractivity (Wildman–Crippen MR) is 82.9 cm³/mol. The largest absolute Gasteiger partial charge is 0.481 e. The van der Waals surface area contributed by atoms with Gasteiger partial charge in [0.25, 0.3) is 5.91 Å². The van der Waals surface area contributed by atoms with E-state index in [0.717, 1.165) is 5.57 Å². The van der Waals surface area contributed by atoms with Crippen molar-refractivity contribution >= 4 is 23.9 Å². The van der Waals surface area contributed by atoms with Crippen LogP contribution in [-0.2, 0) is 16.0 Å². The first-order valence-electron chi connectivity index (χ1n) is 7.09. The fourth-order valence-corrected chi connectivity index (χ4v) is 2.52. The molecule has 1 aliphatic rings. The lowest BCUT2D eigenvalue weighted by Crippen LogP contribution is -2.15. The molecular formula is C16H18N2O5. The molecule has 1 aliphatic heterocycles. The number of amides is 1. The van der Waals surface area contributed by atoms with Gasteiger partial charge >= 0.3 is 11.9 Å². The number of nitrogens with one attached hydrogen (secondary N) is 2. The number of aromatic nitrogens is 1. The summed E-state index contributed by atoms with van der Waals surface area (Å²) in [4.78, 5) is 36.6. The van der Waals surface area contributed by atoms with Gasteiger partial charge < -0.3 is 20.5 Å². The van der Waals surface area contributed by atoms with Crippen molar-refractivity contribution in [3.8, 4) is 0 Å². The maximum absolute atomic E-state index is 11.7. The number of hydrogen-bond donors (Lipinski definition) is 4. The molecule has 0 saturated carbocycles. The first-order valence-corrected chi connectivity index (χ1v) is 7.09. The van der Waals surface area contributed by atoms with E-state index in [1.807, 2.05) is 0 Å². The third-order valence-electron chi connectivity index (χ3n) is 4.06. The molecule has 7 heteroatoms. The third kappa shape index (κ3) is 3.18. The molecular weight excluding hydrogens is 300 g/mol. The zero-order valence-corrected chi connectivity index (χ0v) is 13.1. The number of aromatic amines is 1. The summed E-state index contributed by atoms with van der Waals surface area (Å²) in [6.07, 6.45) is 1.76. The summed E-state index contributed by atoms with van der Waals surface area (Å²) in [7, 11) is 0. The SMILES string of the molecule is CC1=C(C)C(=Cc2[nH]c(C(=O)O)c(C)c2CCC(=O)O)NC1=O. The van der Waals surface area contributed by atoms with Crippen molar-refractivity contribution in [2.45, 2.75) is 33.6 Å². The van der Waals surface area contributed by atoms with Crippen LogP contribution < -0.4 is 5.32 Å². The third-order valence-corrected chi connectivity index (χ3v) is 4.06. The highest BCUT2D eigenvalue weighted by atomic mass is 16.4. The molecule has 0 unspecified atom stereocenters. The standard InChI is InChI=1S/C16H18N2O5/c1-7-8(2)15(21)18-11(7)6-12-10(4-5-13(19)20)9(3)14(17-12)16(22)23/h6,17H,4-5H2,1-3H3,(H,18,21)(H,19,20)(H,22,23). The summed E-state index contributed by atoms with van der Waals surface area (Å²) >= 11 is 0. The van der Waals surface area contributed by atoms with E-state index in [0.29, 0.717) is 28.1 Å². The minimum atomic E-state index is -1.11. The van der Waals surface area contributed by atoms with E-state index < -0.39 is 11.9 Å². The van der Waals surface area contributed by atoms with Crippen LogP contribution in [0.3, 0.4) is 0 Å². The number of carboxylic acid groups (broad SMARTS) is 2. The van der Waals surface area contributed by atoms with E-state index in [1.54, 1.807) is 26.8 Å². The van der Waals surface area contributed by atoms with E-state index in [4.69, 9.17) is 5.11 Å². The Balaban J connectivity index is 2.49. The molecule has 23 heavy (non-hydrogen) atoms. The van der Waals surface area contributed by atoms with E-state index >= 15 is 0 Å². The first kappa shape index (κ1) is 16.5. The summed E-state index contributed by atoms with van der Waals surface area (Å²) in [5, 5.41) is 20.8. The molecule has 0 aromatic carbocycles. The smallest absolute Gasteiger partial charge is 0.352 e. The number of carbonyl (C=O) groups is 3. The maximum atomic E-state index is 11.7. The van der Waals surface area contributed by atoms with Gasteiger partial charge in [0.15, 0.2) is 0 Å². The van der Waals surface area contributed by atoms with Gasteiger partial charge in [-0.05, 0) is 50.0 Å². The molecule has 2 rings (SSSR count). The van der Waals surface area contributed by atoms with Gasteiger partial charge in [-0.25, -0.2) is 4.79 Å². The van der Waals surface area contributed by atoms with Crippen LogP contribution in [0.15, 0.2) is 16.8 Å². The summed E-state index contributed by atoms with van der Waals surface area (Å²) < 4.78 is 0. The van der Waals surface area contributed by atoms with E-state index in [2.05, 4.69) is 10.3 Å². The van der Waals surface area contributed by atoms with Crippen LogP contribution in [0, 0.1) is 6.92 Å². The molecule has 0 fully saturated rings. The average molecular weight is 318 g/mol. The summed E-state index contributed by atoms with van der Waals surface area (Å²) in [6.45, 7) is 5.14. The number of hydrogen-bond acceptors (Lipinski definition) is 3. The molecule has 7 nitrogen and oxygen atoms in total. The van der Waals surface area contributed by atoms with Gasteiger partial charge in [0.1, 0.15) is 5.69 Å². The highest BCUT2D eigenvalue weighted by Gasteiger charge is 2.23. The van der Waals surface area contributed by atoms with Crippen molar-refractivity contribution in [3.63, 3.8) is 0 Å². The molecule has 1 aromatic rings. The molecule has 0 aliphatic carbocycles. The van der Waals surface area contributed by atoms with Crippen LogP contribution in [0.1, 0.15) is 47.6 Å². The van der Waals surface area contributed by atoms with Crippen LogP contribution >= 0.6 is 0 Å². The fourth-order valence-electron chi connectivity index (χ4n) is 2.52. The van der Waals surface area contributed by atoms with Crippen molar-refractivity contribution in [1.29, 1.82) is 0 Å². The predicted octanol–water partition coefficient (Wildman–Crippen LogP) is 1.85. The van der Waals surface area contributed by atoms with Crippen molar-refractivity contribution in [2.75, 3.05) is 0 Å². The molecule has 0 atom stereocenters. The van der Waals surface area contributed by atoms with Gasteiger partial charge in [0.05, 0.1) is 0 Å². The molecule has 1 aromatic heterocycles. The quantitative estimate of drug-likeness (QED) is 0.660. The Hall–Kier alpha value is -2.83.